The van der Waals surface area contributed by atoms with Crippen molar-refractivity contribution in [3.63, 3.8) is 0 Å². The molecule has 1 atom stereocenters. The number of nitrogens with zero attached hydrogens (tertiary/aromatic N) is 2. The maximum Gasteiger partial charge on any atom is 0.0851 e. The third kappa shape index (κ3) is 1.91. The average Bonchev–Trinajstić information content (AvgIpc) is 2.30. The van der Waals surface area contributed by atoms with Gasteiger partial charge in [0.25, 0.3) is 0 Å². The summed E-state index contributed by atoms with van der Waals surface area (Å²) in [5.41, 5.74) is 2.04. The molecule has 3 heteroatoms. The Morgan fingerprint density at radius 2 is 1.71 bits per heavy atom. The van der Waals surface area contributed by atoms with E-state index in [1.807, 2.05) is 36.4 Å². The highest BCUT2D eigenvalue weighted by atomic mass is 35.5. The first kappa shape index (κ1) is 9.16. The predicted molar refractivity (Wildman–Crippen MR) is 56.2 cm³/mol. The predicted octanol–water partition coefficient (Wildman–Crippen LogP) is 2.80. The molecule has 1 aromatic carbocycles. The lowest BCUT2D eigenvalue weighted by molar-refractivity contribution is 0.984. The van der Waals surface area contributed by atoms with E-state index in [0.717, 1.165) is 11.1 Å². The van der Waals surface area contributed by atoms with Crippen LogP contribution in [0.4, 0.5) is 0 Å². The summed E-state index contributed by atoms with van der Waals surface area (Å²) in [7, 11) is 0. The molecule has 2 aromatic rings. The number of halogens is 1. The topological polar surface area (TPSA) is 25.8 Å². The van der Waals surface area contributed by atoms with E-state index >= 15 is 0 Å². The van der Waals surface area contributed by atoms with Crippen molar-refractivity contribution in [2.75, 3.05) is 0 Å². The van der Waals surface area contributed by atoms with Gasteiger partial charge in [0.2, 0.25) is 0 Å². The zero-order chi connectivity index (χ0) is 9.80. The Balaban J connectivity index is 2.30. The van der Waals surface area contributed by atoms with E-state index in [2.05, 4.69) is 10.2 Å². The number of benzene rings is 1. The van der Waals surface area contributed by atoms with Gasteiger partial charge in [-0.05, 0) is 17.2 Å². The molecule has 0 saturated carbocycles. The molecule has 0 bridgehead atoms. The van der Waals surface area contributed by atoms with Gasteiger partial charge in [-0.2, -0.15) is 10.2 Å². The van der Waals surface area contributed by atoms with Gasteiger partial charge >= 0.3 is 0 Å². The maximum absolute atomic E-state index is 6.26. The molecule has 0 N–H and O–H groups in total. The second kappa shape index (κ2) is 4.20. The summed E-state index contributed by atoms with van der Waals surface area (Å²) in [6.07, 6.45) is 3.33. The Kier molecular flexibility index (Phi) is 2.75. The Bertz CT molecular complexity index is 349. The summed E-state index contributed by atoms with van der Waals surface area (Å²) < 4.78 is 0. The molecule has 0 amide bonds. The van der Waals surface area contributed by atoms with Crippen molar-refractivity contribution in [2.24, 2.45) is 0 Å². The van der Waals surface area contributed by atoms with Crippen LogP contribution in [0.2, 0.25) is 0 Å². The van der Waals surface area contributed by atoms with Crippen LogP contribution in [-0.2, 0) is 0 Å². The minimum Gasteiger partial charge on any atom is -0.159 e. The Morgan fingerprint density at radius 1 is 0.929 bits per heavy atom. The van der Waals surface area contributed by atoms with E-state index in [1.165, 1.54) is 0 Å². The smallest absolute Gasteiger partial charge is 0.0851 e. The van der Waals surface area contributed by atoms with Crippen molar-refractivity contribution in [3.05, 3.63) is 59.9 Å². The van der Waals surface area contributed by atoms with Crippen molar-refractivity contribution in [3.8, 4) is 0 Å². The molecular formula is C11H9ClN2. The second-order valence-corrected chi connectivity index (χ2v) is 3.39. The van der Waals surface area contributed by atoms with Gasteiger partial charge in [0.05, 0.1) is 11.6 Å². The Morgan fingerprint density at radius 3 is 2.36 bits per heavy atom. The number of aromatic nitrogens is 2. The van der Waals surface area contributed by atoms with Gasteiger partial charge in [0.15, 0.2) is 0 Å². The number of hydrogen-bond donors (Lipinski definition) is 0. The lowest BCUT2D eigenvalue weighted by Crippen LogP contribution is -1.94. The van der Waals surface area contributed by atoms with Crippen LogP contribution in [0.3, 0.4) is 0 Å². The summed E-state index contributed by atoms with van der Waals surface area (Å²) in [6, 6.07) is 11.8. The fourth-order valence-electron chi connectivity index (χ4n) is 1.27. The van der Waals surface area contributed by atoms with Crippen molar-refractivity contribution >= 4 is 11.6 Å². The lowest BCUT2D eigenvalue weighted by Gasteiger charge is -2.08. The SMILES string of the molecule is ClC(c1ccccc1)c1ccnnc1. The van der Waals surface area contributed by atoms with Gasteiger partial charge in [0.1, 0.15) is 0 Å². The minimum absolute atomic E-state index is 0.147. The largest absolute Gasteiger partial charge is 0.159 e. The lowest BCUT2D eigenvalue weighted by atomic mass is 10.1. The maximum atomic E-state index is 6.26. The van der Waals surface area contributed by atoms with Crippen LogP contribution < -0.4 is 0 Å². The highest BCUT2D eigenvalue weighted by Gasteiger charge is 2.09. The molecule has 1 unspecified atom stereocenters. The van der Waals surface area contributed by atoms with Crippen molar-refractivity contribution < 1.29 is 0 Å². The normalized spacial score (nSPS) is 12.4. The first-order valence-corrected chi connectivity index (χ1v) is 4.77. The van der Waals surface area contributed by atoms with Gasteiger partial charge in [-0.1, -0.05) is 30.3 Å². The van der Waals surface area contributed by atoms with E-state index in [-0.39, 0.29) is 5.38 Å². The minimum atomic E-state index is -0.147. The van der Waals surface area contributed by atoms with Gasteiger partial charge in [-0.15, -0.1) is 11.6 Å². The van der Waals surface area contributed by atoms with Crippen LogP contribution >= 0.6 is 11.6 Å². The number of hydrogen-bond acceptors (Lipinski definition) is 2. The summed E-state index contributed by atoms with van der Waals surface area (Å²) in [5.74, 6) is 0. The molecule has 0 aliphatic heterocycles. The summed E-state index contributed by atoms with van der Waals surface area (Å²) >= 11 is 6.26. The standard InChI is InChI=1S/C11H9ClN2/c12-11(9-4-2-1-3-5-9)10-6-7-13-14-8-10/h1-8,11H. The van der Waals surface area contributed by atoms with Crippen molar-refractivity contribution in [2.45, 2.75) is 5.38 Å². The quantitative estimate of drug-likeness (QED) is 0.703. The first-order valence-electron chi connectivity index (χ1n) is 4.33. The second-order valence-electron chi connectivity index (χ2n) is 2.95. The van der Waals surface area contributed by atoms with E-state index < -0.39 is 0 Å². The van der Waals surface area contributed by atoms with E-state index in [1.54, 1.807) is 12.4 Å². The molecule has 0 radical (unpaired) electrons. The zero-order valence-electron chi connectivity index (χ0n) is 7.47. The molecule has 1 heterocycles. The van der Waals surface area contributed by atoms with Crippen LogP contribution in [0.15, 0.2) is 48.8 Å². The zero-order valence-corrected chi connectivity index (χ0v) is 8.22. The molecule has 2 rings (SSSR count). The third-order valence-corrected chi connectivity index (χ3v) is 2.50. The van der Waals surface area contributed by atoms with Crippen molar-refractivity contribution in [1.29, 1.82) is 0 Å². The van der Waals surface area contributed by atoms with Gasteiger partial charge in [-0.3, -0.25) is 0 Å². The average molecular weight is 205 g/mol. The molecule has 0 aliphatic carbocycles. The van der Waals surface area contributed by atoms with Crippen molar-refractivity contribution in [1.82, 2.24) is 10.2 Å². The van der Waals surface area contributed by atoms with E-state index in [0.29, 0.717) is 0 Å². The molecule has 0 fully saturated rings. The van der Waals surface area contributed by atoms with Gasteiger partial charge in [0, 0.05) is 6.20 Å². The van der Waals surface area contributed by atoms with Crippen LogP contribution in [-0.4, -0.2) is 10.2 Å². The third-order valence-electron chi connectivity index (χ3n) is 1.99. The molecule has 0 saturated heterocycles. The highest BCUT2D eigenvalue weighted by molar-refractivity contribution is 6.22. The van der Waals surface area contributed by atoms with E-state index in [4.69, 9.17) is 11.6 Å². The van der Waals surface area contributed by atoms with Gasteiger partial charge in [-0.25, -0.2) is 0 Å². The summed E-state index contributed by atoms with van der Waals surface area (Å²) in [5, 5.41) is 7.36. The van der Waals surface area contributed by atoms with Crippen LogP contribution in [0, 0.1) is 0 Å². The molecule has 70 valence electrons. The number of alkyl halides is 1. The highest BCUT2D eigenvalue weighted by Crippen LogP contribution is 2.27. The van der Waals surface area contributed by atoms with Gasteiger partial charge < -0.3 is 0 Å². The van der Waals surface area contributed by atoms with Crippen LogP contribution in [0.5, 0.6) is 0 Å². The molecule has 1 aromatic heterocycles. The fraction of sp³-hybridized carbons (Fsp3) is 0.0909. The monoisotopic (exact) mass is 204 g/mol. The molecule has 0 aliphatic rings. The first-order chi connectivity index (χ1) is 6.88. The summed E-state index contributed by atoms with van der Waals surface area (Å²) in [4.78, 5) is 0. The molecule has 14 heavy (non-hydrogen) atoms. The molecule has 2 nitrogen and oxygen atoms in total. The Hall–Kier alpha value is -1.41. The molecular weight excluding hydrogens is 196 g/mol. The van der Waals surface area contributed by atoms with Crippen LogP contribution in [0.25, 0.3) is 0 Å². The number of rotatable bonds is 2. The molecule has 0 spiro atoms. The van der Waals surface area contributed by atoms with E-state index in [9.17, 15) is 0 Å². The Labute approximate surface area is 87.6 Å². The fourth-order valence-corrected chi connectivity index (χ4v) is 1.54. The van der Waals surface area contributed by atoms with Crippen LogP contribution in [0.1, 0.15) is 16.5 Å². The summed E-state index contributed by atoms with van der Waals surface area (Å²) in [6.45, 7) is 0.